The molecule has 1 N–H and O–H groups in total. The fourth-order valence-electron chi connectivity index (χ4n) is 1.20. The van der Waals surface area contributed by atoms with Gasteiger partial charge in [0.05, 0.1) is 6.67 Å². The van der Waals surface area contributed by atoms with Gasteiger partial charge in [-0.3, -0.25) is 9.69 Å². The Morgan fingerprint density at radius 3 is 2.38 bits per heavy atom. The molecule has 1 aliphatic heterocycles. The molecule has 0 saturated carbocycles. The van der Waals surface area contributed by atoms with E-state index < -0.39 is 0 Å². The monoisotopic (exact) mass is 187 g/mol. The Bertz CT molecular complexity index is 159. The van der Waals surface area contributed by atoms with Crippen molar-refractivity contribution in [2.45, 2.75) is 19.9 Å². The molecule has 0 bridgehead atoms. The molecule has 1 aliphatic rings. The summed E-state index contributed by atoms with van der Waals surface area (Å²) < 4.78 is 0. The minimum Gasteiger partial charge on any atom is -0.342 e. The van der Waals surface area contributed by atoms with E-state index in [0.29, 0.717) is 6.67 Å². The lowest BCUT2D eigenvalue weighted by Gasteiger charge is -2.19. The highest BCUT2D eigenvalue weighted by molar-refractivity contribution is 5.83. The van der Waals surface area contributed by atoms with E-state index in [2.05, 4.69) is 5.32 Å². The third kappa shape index (κ3) is 3.74. The molecule has 1 amide bonds. The predicted octanol–water partition coefficient (Wildman–Crippen LogP) is -0.0381. The number of nitrogens with zero attached hydrogens (tertiary/aromatic N) is 2. The van der Waals surface area contributed by atoms with Gasteiger partial charge in [0, 0.05) is 6.54 Å². The van der Waals surface area contributed by atoms with Crippen LogP contribution in [0.2, 0.25) is 0 Å². The minimum absolute atomic E-state index is 0.0324. The molecule has 1 atom stereocenters. The maximum absolute atomic E-state index is 11.1. The van der Waals surface area contributed by atoms with Crippen LogP contribution in [0.25, 0.3) is 0 Å². The van der Waals surface area contributed by atoms with Gasteiger partial charge in [0.2, 0.25) is 5.91 Å². The summed E-state index contributed by atoms with van der Waals surface area (Å²) in [5.74, 6) is 0.140. The van der Waals surface area contributed by atoms with Gasteiger partial charge in [-0.2, -0.15) is 0 Å². The van der Waals surface area contributed by atoms with Crippen LogP contribution < -0.4 is 5.32 Å². The van der Waals surface area contributed by atoms with Gasteiger partial charge in [0.15, 0.2) is 0 Å². The number of amides is 1. The molecule has 1 rings (SSSR count). The lowest BCUT2D eigenvalue weighted by Crippen LogP contribution is -2.39. The average Bonchev–Trinajstić information content (AvgIpc) is 2.39. The molecular formula is C9H21N3O. The fraction of sp³-hybridized carbons (Fsp3) is 0.889. The Hall–Kier alpha value is -0.610. The highest BCUT2D eigenvalue weighted by atomic mass is 16.2. The number of hydrogen-bond donors (Lipinski definition) is 1. The van der Waals surface area contributed by atoms with E-state index in [9.17, 15) is 4.79 Å². The molecule has 0 aliphatic carbocycles. The third-order valence-corrected chi connectivity index (χ3v) is 1.88. The molecule has 1 fully saturated rings. The van der Waals surface area contributed by atoms with Crippen LogP contribution in [-0.4, -0.2) is 56.1 Å². The fourth-order valence-corrected chi connectivity index (χ4v) is 1.20. The number of likely N-dealkylation sites (N-methyl/N-ethyl adjacent to an activating group) is 2. The quantitative estimate of drug-likeness (QED) is 0.659. The van der Waals surface area contributed by atoms with Crippen molar-refractivity contribution in [2.24, 2.45) is 0 Å². The summed E-state index contributed by atoms with van der Waals surface area (Å²) in [7, 11) is 5.89. The second kappa shape index (κ2) is 5.94. The zero-order valence-electron chi connectivity index (χ0n) is 9.29. The molecule has 1 heterocycles. The predicted molar refractivity (Wildman–Crippen MR) is 54.5 cm³/mol. The van der Waals surface area contributed by atoms with Crippen LogP contribution in [0.3, 0.4) is 0 Å². The maximum Gasteiger partial charge on any atom is 0.239 e. The summed E-state index contributed by atoms with van der Waals surface area (Å²) in [4.78, 5) is 15.2. The molecule has 13 heavy (non-hydrogen) atoms. The first-order valence-electron chi connectivity index (χ1n) is 4.74. The summed E-state index contributed by atoms with van der Waals surface area (Å²) >= 11 is 0. The van der Waals surface area contributed by atoms with Crippen LogP contribution in [0.15, 0.2) is 0 Å². The topological polar surface area (TPSA) is 35.6 Å². The Kier molecular flexibility index (Phi) is 5.66. The summed E-state index contributed by atoms with van der Waals surface area (Å²) in [5, 5.41) is 2.79. The largest absolute Gasteiger partial charge is 0.342 e. The van der Waals surface area contributed by atoms with Gasteiger partial charge in [-0.05, 0) is 21.1 Å². The third-order valence-electron chi connectivity index (χ3n) is 1.88. The first kappa shape index (κ1) is 12.4. The summed E-state index contributed by atoms with van der Waals surface area (Å²) in [6.45, 7) is 5.47. The molecule has 78 valence electrons. The van der Waals surface area contributed by atoms with Crippen LogP contribution in [0.5, 0.6) is 0 Å². The van der Waals surface area contributed by atoms with Crippen molar-refractivity contribution >= 4 is 5.91 Å². The lowest BCUT2D eigenvalue weighted by molar-refractivity contribution is -0.121. The Morgan fingerprint density at radius 2 is 2.08 bits per heavy atom. The molecule has 0 radical (unpaired) electrons. The molecule has 4 heteroatoms. The van der Waals surface area contributed by atoms with Crippen molar-refractivity contribution in [3.63, 3.8) is 0 Å². The van der Waals surface area contributed by atoms with Crippen LogP contribution in [-0.2, 0) is 4.79 Å². The van der Waals surface area contributed by atoms with Gasteiger partial charge in [0.25, 0.3) is 0 Å². The highest BCUT2D eigenvalue weighted by Crippen LogP contribution is 2.02. The average molecular weight is 187 g/mol. The molecular weight excluding hydrogens is 166 g/mol. The second-order valence-electron chi connectivity index (χ2n) is 3.23. The van der Waals surface area contributed by atoms with Crippen LogP contribution in [0.4, 0.5) is 0 Å². The summed E-state index contributed by atoms with van der Waals surface area (Å²) in [5.41, 5.74) is 0. The van der Waals surface area contributed by atoms with Gasteiger partial charge >= 0.3 is 0 Å². The van der Waals surface area contributed by atoms with E-state index in [1.54, 1.807) is 0 Å². The van der Waals surface area contributed by atoms with E-state index in [0.717, 1.165) is 6.54 Å². The number of carbonyl (C=O) groups excluding carboxylic acids is 1. The molecule has 0 aromatic carbocycles. The zero-order valence-corrected chi connectivity index (χ0v) is 9.29. The smallest absolute Gasteiger partial charge is 0.239 e. The van der Waals surface area contributed by atoms with Crippen molar-refractivity contribution in [3.05, 3.63) is 0 Å². The van der Waals surface area contributed by atoms with Gasteiger partial charge in [0.1, 0.15) is 6.04 Å². The van der Waals surface area contributed by atoms with Crippen molar-refractivity contribution < 1.29 is 4.79 Å². The lowest BCUT2D eigenvalue weighted by atomic mass is 10.3. The second-order valence-corrected chi connectivity index (χ2v) is 3.23. The Balaban J connectivity index is 0.000000671. The van der Waals surface area contributed by atoms with Gasteiger partial charge in [-0.15, -0.1) is 0 Å². The Labute approximate surface area is 80.9 Å². The van der Waals surface area contributed by atoms with E-state index in [1.807, 2.05) is 44.8 Å². The van der Waals surface area contributed by atoms with E-state index in [1.165, 1.54) is 0 Å². The van der Waals surface area contributed by atoms with Crippen molar-refractivity contribution in [1.29, 1.82) is 0 Å². The van der Waals surface area contributed by atoms with Crippen LogP contribution in [0.1, 0.15) is 13.8 Å². The molecule has 0 aromatic rings. The van der Waals surface area contributed by atoms with Gasteiger partial charge < -0.3 is 10.2 Å². The Morgan fingerprint density at radius 1 is 1.54 bits per heavy atom. The number of rotatable bonds is 2. The van der Waals surface area contributed by atoms with Crippen molar-refractivity contribution in [1.82, 2.24) is 15.1 Å². The van der Waals surface area contributed by atoms with E-state index >= 15 is 0 Å². The molecule has 0 spiro atoms. The molecule has 0 aromatic heterocycles. The SMILES string of the molecule is CC.CN(C)CC1C(=O)NCN1C. The molecule has 4 nitrogen and oxygen atoms in total. The van der Waals surface area contributed by atoms with Gasteiger partial charge in [-0.1, -0.05) is 13.8 Å². The normalized spacial score (nSPS) is 22.6. The van der Waals surface area contributed by atoms with Crippen molar-refractivity contribution in [3.8, 4) is 0 Å². The van der Waals surface area contributed by atoms with Gasteiger partial charge in [-0.25, -0.2) is 0 Å². The number of carbonyl (C=O) groups is 1. The molecule has 1 saturated heterocycles. The van der Waals surface area contributed by atoms with E-state index in [4.69, 9.17) is 0 Å². The summed E-state index contributed by atoms with van der Waals surface area (Å²) in [6, 6.07) is 0.0324. The van der Waals surface area contributed by atoms with Crippen LogP contribution in [0, 0.1) is 0 Å². The maximum atomic E-state index is 11.1. The number of nitrogens with one attached hydrogen (secondary N) is 1. The summed E-state index contributed by atoms with van der Waals surface area (Å²) in [6.07, 6.45) is 0. The molecule has 1 unspecified atom stereocenters. The first-order chi connectivity index (χ1) is 6.11. The first-order valence-corrected chi connectivity index (χ1v) is 4.74. The zero-order chi connectivity index (χ0) is 10.4. The standard InChI is InChI=1S/C7H15N3O.C2H6/c1-9(2)4-6-7(11)8-5-10(6)3;1-2/h6H,4-5H2,1-3H3,(H,8,11);1-2H3. The highest BCUT2D eigenvalue weighted by Gasteiger charge is 2.29. The van der Waals surface area contributed by atoms with Crippen LogP contribution >= 0.6 is 0 Å². The van der Waals surface area contributed by atoms with Crippen molar-refractivity contribution in [2.75, 3.05) is 34.4 Å². The number of hydrogen-bond acceptors (Lipinski definition) is 3. The minimum atomic E-state index is 0.0324. The van der Waals surface area contributed by atoms with E-state index in [-0.39, 0.29) is 11.9 Å².